The van der Waals surface area contributed by atoms with Gasteiger partial charge in [0, 0.05) is 24.7 Å². The highest BCUT2D eigenvalue weighted by atomic mass is 16.2. The Balaban J connectivity index is 1.35. The number of aromatic nitrogens is 2. The zero-order valence-corrected chi connectivity index (χ0v) is 17.3. The molecule has 2 amide bonds. The number of aryl methyl sites for hydroxylation is 2. The molecule has 3 aromatic rings. The quantitative estimate of drug-likeness (QED) is 0.698. The summed E-state index contributed by atoms with van der Waals surface area (Å²) in [6.07, 6.45) is 1.41. The monoisotopic (exact) mass is 406 g/mol. The first-order valence-electron chi connectivity index (χ1n) is 10.3. The Morgan fingerprint density at radius 3 is 2.43 bits per heavy atom. The molecule has 4 rings (SSSR count). The fraction of sp³-hybridized carbons (Fsp3) is 0.348. The van der Waals surface area contributed by atoms with E-state index in [1.807, 2.05) is 56.3 Å². The molecule has 1 aromatic heterocycles. The maximum atomic E-state index is 12.6. The van der Waals surface area contributed by atoms with Gasteiger partial charge in [-0.05, 0) is 51.0 Å². The van der Waals surface area contributed by atoms with E-state index < -0.39 is 0 Å². The highest BCUT2D eigenvalue weighted by molar-refractivity contribution is 5.96. The van der Waals surface area contributed by atoms with Gasteiger partial charge in [-0.3, -0.25) is 14.2 Å². The van der Waals surface area contributed by atoms with Crippen molar-refractivity contribution in [3.8, 4) is 0 Å². The minimum absolute atomic E-state index is 0.0243. The number of hydrogen-bond donors (Lipinski definition) is 2. The van der Waals surface area contributed by atoms with Crippen LogP contribution in [0.15, 0.2) is 47.3 Å². The van der Waals surface area contributed by atoms with Gasteiger partial charge in [0.2, 0.25) is 5.91 Å². The molecule has 0 aliphatic carbocycles. The number of likely N-dealkylation sites (tertiary alicyclic amines) is 1. The molecule has 0 bridgehead atoms. The number of imidazole rings is 1. The SMILES string of the molecule is Cc1cc(C)cc(C(=O)NCC(=O)N2CCC(n3c(=O)[nH]c4ccccc43)CC2)c1. The molecule has 0 saturated carbocycles. The predicted molar refractivity (Wildman–Crippen MR) is 116 cm³/mol. The van der Waals surface area contributed by atoms with E-state index in [1.54, 1.807) is 9.47 Å². The molecule has 2 aromatic carbocycles. The van der Waals surface area contributed by atoms with Crippen molar-refractivity contribution in [2.24, 2.45) is 0 Å². The van der Waals surface area contributed by atoms with Crippen LogP contribution < -0.4 is 11.0 Å². The minimum Gasteiger partial charge on any atom is -0.343 e. The highest BCUT2D eigenvalue weighted by Crippen LogP contribution is 2.24. The van der Waals surface area contributed by atoms with Crippen LogP contribution in [0.25, 0.3) is 11.0 Å². The van der Waals surface area contributed by atoms with Crippen molar-refractivity contribution in [1.82, 2.24) is 19.8 Å². The lowest BCUT2D eigenvalue weighted by atomic mass is 10.0. The zero-order valence-electron chi connectivity index (χ0n) is 17.3. The summed E-state index contributed by atoms with van der Waals surface area (Å²) in [7, 11) is 0. The van der Waals surface area contributed by atoms with E-state index in [4.69, 9.17) is 0 Å². The number of para-hydroxylation sites is 2. The molecule has 2 N–H and O–H groups in total. The Morgan fingerprint density at radius 1 is 1.07 bits per heavy atom. The summed E-state index contributed by atoms with van der Waals surface area (Å²) in [5.41, 5.74) is 4.21. The number of carbonyl (C=O) groups excluding carboxylic acids is 2. The van der Waals surface area contributed by atoms with Crippen LogP contribution in [0.5, 0.6) is 0 Å². The average Bonchev–Trinajstić information content (AvgIpc) is 3.06. The zero-order chi connectivity index (χ0) is 21.3. The second-order valence-electron chi connectivity index (χ2n) is 7.99. The van der Waals surface area contributed by atoms with E-state index in [1.165, 1.54) is 0 Å². The maximum absolute atomic E-state index is 12.6. The first-order valence-corrected chi connectivity index (χ1v) is 10.3. The fourth-order valence-corrected chi connectivity index (χ4v) is 4.29. The number of rotatable bonds is 4. The van der Waals surface area contributed by atoms with Crippen molar-refractivity contribution in [2.45, 2.75) is 32.7 Å². The van der Waals surface area contributed by atoms with Crippen LogP contribution in [0.3, 0.4) is 0 Å². The third kappa shape index (κ3) is 4.01. The third-order valence-corrected chi connectivity index (χ3v) is 5.69. The molecule has 0 radical (unpaired) electrons. The molecule has 7 heteroatoms. The first kappa shape index (κ1) is 19.9. The molecule has 7 nitrogen and oxygen atoms in total. The predicted octanol–water partition coefficient (Wildman–Crippen LogP) is 2.54. The number of hydrogen-bond acceptors (Lipinski definition) is 3. The number of carbonyl (C=O) groups is 2. The van der Waals surface area contributed by atoms with Gasteiger partial charge in [0.25, 0.3) is 5.91 Å². The Morgan fingerprint density at radius 2 is 1.73 bits per heavy atom. The molecule has 0 unspecified atom stereocenters. The van der Waals surface area contributed by atoms with Gasteiger partial charge in [-0.15, -0.1) is 0 Å². The summed E-state index contributed by atoms with van der Waals surface area (Å²) >= 11 is 0. The number of aromatic amines is 1. The van der Waals surface area contributed by atoms with Crippen LogP contribution >= 0.6 is 0 Å². The third-order valence-electron chi connectivity index (χ3n) is 5.69. The van der Waals surface area contributed by atoms with Crippen LogP contribution in [0.4, 0.5) is 0 Å². The molecule has 1 aliphatic rings. The van der Waals surface area contributed by atoms with E-state index in [2.05, 4.69) is 10.3 Å². The van der Waals surface area contributed by atoms with Crippen LogP contribution in [-0.4, -0.2) is 45.9 Å². The second kappa shape index (κ2) is 8.18. The van der Waals surface area contributed by atoms with E-state index in [0.29, 0.717) is 31.5 Å². The van der Waals surface area contributed by atoms with E-state index in [-0.39, 0.29) is 30.1 Å². The number of fused-ring (bicyclic) bond motifs is 1. The minimum atomic E-state index is -0.240. The fourth-order valence-electron chi connectivity index (χ4n) is 4.29. The van der Waals surface area contributed by atoms with E-state index in [9.17, 15) is 14.4 Å². The van der Waals surface area contributed by atoms with Gasteiger partial charge >= 0.3 is 5.69 Å². The van der Waals surface area contributed by atoms with Gasteiger partial charge in [-0.1, -0.05) is 29.3 Å². The van der Waals surface area contributed by atoms with Crippen LogP contribution in [0.1, 0.15) is 40.4 Å². The lowest BCUT2D eigenvalue weighted by Gasteiger charge is -2.32. The molecule has 156 valence electrons. The molecule has 1 aliphatic heterocycles. The van der Waals surface area contributed by atoms with E-state index in [0.717, 1.165) is 22.2 Å². The van der Waals surface area contributed by atoms with E-state index >= 15 is 0 Å². The molecule has 1 saturated heterocycles. The van der Waals surface area contributed by atoms with Crippen molar-refractivity contribution >= 4 is 22.8 Å². The normalized spacial score (nSPS) is 14.8. The molecule has 30 heavy (non-hydrogen) atoms. The molecular formula is C23H26N4O3. The van der Waals surface area contributed by atoms with Gasteiger partial charge in [-0.25, -0.2) is 4.79 Å². The van der Waals surface area contributed by atoms with Crippen molar-refractivity contribution in [1.29, 1.82) is 0 Å². The van der Waals surface area contributed by atoms with Gasteiger partial charge < -0.3 is 15.2 Å². The molecule has 2 heterocycles. The maximum Gasteiger partial charge on any atom is 0.326 e. The summed E-state index contributed by atoms with van der Waals surface area (Å²) in [6.45, 7) is 4.99. The summed E-state index contributed by atoms with van der Waals surface area (Å²) < 4.78 is 1.80. The number of H-pyrrole nitrogens is 1. The number of nitrogens with zero attached hydrogens (tertiary/aromatic N) is 2. The largest absolute Gasteiger partial charge is 0.343 e. The number of amides is 2. The number of nitrogens with one attached hydrogen (secondary N) is 2. The Kier molecular flexibility index (Phi) is 5.44. The topological polar surface area (TPSA) is 87.2 Å². The summed E-state index contributed by atoms with van der Waals surface area (Å²) in [6, 6.07) is 13.3. The second-order valence-corrected chi connectivity index (χ2v) is 7.99. The number of piperidine rings is 1. The van der Waals surface area contributed by atoms with Gasteiger partial charge in [0.15, 0.2) is 0 Å². The number of benzene rings is 2. The summed E-state index contributed by atoms with van der Waals surface area (Å²) in [5, 5.41) is 2.73. The Labute approximate surface area is 174 Å². The standard InChI is InChI=1S/C23H26N4O3/c1-15-11-16(2)13-17(12-15)22(29)24-14-21(28)26-9-7-18(8-10-26)27-20-6-4-3-5-19(20)25-23(27)30/h3-6,11-13,18H,7-10,14H2,1-2H3,(H,24,29)(H,25,30). The molecule has 0 spiro atoms. The van der Waals surface area contributed by atoms with Crippen LogP contribution in [0, 0.1) is 13.8 Å². The van der Waals surface area contributed by atoms with Gasteiger partial charge in [0.05, 0.1) is 17.6 Å². The Bertz CT molecular complexity index is 1130. The van der Waals surface area contributed by atoms with Gasteiger partial charge in [-0.2, -0.15) is 0 Å². The smallest absolute Gasteiger partial charge is 0.326 e. The van der Waals surface area contributed by atoms with Crippen LogP contribution in [0.2, 0.25) is 0 Å². The molecule has 0 atom stereocenters. The summed E-state index contributed by atoms with van der Waals surface area (Å²) in [5.74, 6) is -0.340. The van der Waals surface area contributed by atoms with Crippen molar-refractivity contribution in [3.63, 3.8) is 0 Å². The van der Waals surface area contributed by atoms with Crippen molar-refractivity contribution < 1.29 is 9.59 Å². The molecule has 1 fully saturated rings. The summed E-state index contributed by atoms with van der Waals surface area (Å²) in [4.78, 5) is 42.0. The van der Waals surface area contributed by atoms with Crippen molar-refractivity contribution in [3.05, 3.63) is 69.6 Å². The average molecular weight is 406 g/mol. The lowest BCUT2D eigenvalue weighted by Crippen LogP contribution is -2.45. The highest BCUT2D eigenvalue weighted by Gasteiger charge is 2.26. The van der Waals surface area contributed by atoms with Gasteiger partial charge in [0.1, 0.15) is 0 Å². The molecular weight excluding hydrogens is 380 g/mol. The Hall–Kier alpha value is -3.35. The lowest BCUT2D eigenvalue weighted by molar-refractivity contribution is -0.131. The van der Waals surface area contributed by atoms with Crippen LogP contribution in [-0.2, 0) is 4.79 Å². The first-order chi connectivity index (χ1) is 14.4. The van der Waals surface area contributed by atoms with Crippen molar-refractivity contribution in [2.75, 3.05) is 19.6 Å².